The summed E-state index contributed by atoms with van der Waals surface area (Å²) >= 11 is 0. The van der Waals surface area contributed by atoms with Crippen LogP contribution < -0.4 is 10.1 Å². The smallest absolute Gasteiger partial charge is 0.341 e. The highest BCUT2D eigenvalue weighted by Crippen LogP contribution is 2.24. The molecule has 29 heavy (non-hydrogen) atoms. The molecule has 1 aliphatic rings. The molecule has 1 fully saturated rings. The van der Waals surface area contributed by atoms with Gasteiger partial charge in [0.1, 0.15) is 11.3 Å². The number of ether oxygens (including phenoxy) is 2. The van der Waals surface area contributed by atoms with E-state index in [1.54, 1.807) is 32.0 Å². The van der Waals surface area contributed by atoms with Crippen LogP contribution in [0.4, 0.5) is 0 Å². The Morgan fingerprint density at radius 1 is 1.31 bits per heavy atom. The van der Waals surface area contributed by atoms with Gasteiger partial charge in [0.25, 0.3) is 0 Å². The lowest BCUT2D eigenvalue weighted by Crippen LogP contribution is -2.57. The van der Waals surface area contributed by atoms with Crippen LogP contribution in [-0.4, -0.2) is 69.6 Å². The zero-order valence-corrected chi connectivity index (χ0v) is 20.7. The first-order chi connectivity index (χ1) is 13.1. The molecule has 0 amide bonds. The lowest BCUT2D eigenvalue weighted by Gasteiger charge is -2.39. The molecule has 164 valence electrons. The Bertz CT molecular complexity index is 855. The monoisotopic (exact) mass is 539 g/mol. The molecule has 0 aliphatic carbocycles. The van der Waals surface area contributed by atoms with Gasteiger partial charge in [-0.3, -0.25) is 0 Å². The van der Waals surface area contributed by atoms with Gasteiger partial charge in [-0.1, -0.05) is 6.07 Å². The number of methoxy groups -OCH3 is 2. The van der Waals surface area contributed by atoms with Gasteiger partial charge in [0.2, 0.25) is 0 Å². The van der Waals surface area contributed by atoms with Crippen molar-refractivity contribution in [2.75, 3.05) is 39.6 Å². The van der Waals surface area contributed by atoms with Crippen molar-refractivity contribution >= 4 is 45.7 Å². The predicted octanol–water partition coefficient (Wildman–Crippen LogP) is 2.07. The van der Waals surface area contributed by atoms with Gasteiger partial charge in [-0.2, -0.15) is 0 Å². The fourth-order valence-corrected chi connectivity index (χ4v) is 4.39. The Hall–Kier alpha value is -1.56. The number of esters is 1. The van der Waals surface area contributed by atoms with Crippen LogP contribution in [0.5, 0.6) is 5.75 Å². The van der Waals surface area contributed by atoms with Crippen molar-refractivity contribution in [2.45, 2.75) is 32.1 Å². The topological polar surface area (TPSA) is 97.3 Å². The number of rotatable bonds is 5. The van der Waals surface area contributed by atoms with Gasteiger partial charge in [-0.05, 0) is 38.5 Å². The summed E-state index contributed by atoms with van der Waals surface area (Å²) in [5, 5.41) is 3.23. The van der Waals surface area contributed by atoms with Gasteiger partial charge in [0, 0.05) is 19.6 Å². The summed E-state index contributed by atoms with van der Waals surface area (Å²) in [6.07, 6.45) is 0. The average Bonchev–Trinajstić information content (AvgIpc) is 2.66. The van der Waals surface area contributed by atoms with Crippen molar-refractivity contribution in [3.05, 3.63) is 29.3 Å². The van der Waals surface area contributed by atoms with E-state index in [0.29, 0.717) is 43.5 Å². The fraction of sp³-hybridized carbons (Fsp3) is 0.579. The van der Waals surface area contributed by atoms with Crippen molar-refractivity contribution < 1.29 is 22.7 Å². The molecule has 1 N–H and O–H groups in total. The Balaban J connectivity index is 0.00000420. The minimum Gasteiger partial charge on any atom is -0.496 e. The van der Waals surface area contributed by atoms with E-state index in [2.05, 4.69) is 10.3 Å². The molecular formula is C19H30IN3O5S. The molecule has 0 spiro atoms. The number of aliphatic imine (C=N–C) groups is 1. The molecule has 0 bridgehead atoms. The molecule has 1 aromatic carbocycles. The second kappa shape index (κ2) is 10.5. The van der Waals surface area contributed by atoms with Crippen LogP contribution in [0, 0.1) is 0 Å². The minimum atomic E-state index is -3.12. The van der Waals surface area contributed by atoms with Crippen molar-refractivity contribution in [1.29, 1.82) is 0 Å². The number of halogens is 1. The average molecular weight is 539 g/mol. The Morgan fingerprint density at radius 3 is 2.55 bits per heavy atom. The Kier molecular flexibility index (Phi) is 9.19. The van der Waals surface area contributed by atoms with E-state index in [1.807, 2.05) is 11.8 Å². The maximum absolute atomic E-state index is 12.3. The molecule has 0 radical (unpaired) electrons. The van der Waals surface area contributed by atoms with E-state index in [4.69, 9.17) is 9.47 Å². The van der Waals surface area contributed by atoms with Crippen LogP contribution in [0.15, 0.2) is 23.2 Å². The summed E-state index contributed by atoms with van der Waals surface area (Å²) in [7, 11) is -0.301. The fourth-order valence-electron chi connectivity index (χ4n) is 3.03. The summed E-state index contributed by atoms with van der Waals surface area (Å²) < 4.78 is 33.7. The molecule has 1 aromatic rings. The highest BCUT2D eigenvalue weighted by atomic mass is 127. The van der Waals surface area contributed by atoms with Gasteiger partial charge in [-0.25, -0.2) is 18.2 Å². The van der Waals surface area contributed by atoms with Gasteiger partial charge in [0.15, 0.2) is 15.8 Å². The highest BCUT2D eigenvalue weighted by molar-refractivity contribution is 14.0. The molecule has 1 aliphatic heterocycles. The summed E-state index contributed by atoms with van der Waals surface area (Å²) in [4.78, 5) is 18.4. The van der Waals surface area contributed by atoms with Crippen LogP contribution in [-0.2, 0) is 21.1 Å². The Morgan fingerprint density at radius 2 is 2.00 bits per heavy atom. The molecule has 1 heterocycles. The first-order valence-corrected chi connectivity index (χ1v) is 10.8. The van der Waals surface area contributed by atoms with Gasteiger partial charge < -0.3 is 19.7 Å². The largest absolute Gasteiger partial charge is 0.496 e. The van der Waals surface area contributed by atoms with E-state index < -0.39 is 20.6 Å². The number of hydrogen-bond donors (Lipinski definition) is 1. The number of benzene rings is 1. The van der Waals surface area contributed by atoms with E-state index in [0.717, 1.165) is 5.56 Å². The molecule has 8 nitrogen and oxygen atoms in total. The van der Waals surface area contributed by atoms with Crippen molar-refractivity contribution in [2.24, 2.45) is 4.99 Å². The zero-order valence-electron chi connectivity index (χ0n) is 17.5. The highest BCUT2D eigenvalue weighted by Gasteiger charge is 2.40. The third-order valence-corrected chi connectivity index (χ3v) is 7.29. The number of carbonyl (C=O) groups excluding carboxylic acids is 1. The van der Waals surface area contributed by atoms with Crippen molar-refractivity contribution in [1.82, 2.24) is 10.2 Å². The second-order valence-electron chi connectivity index (χ2n) is 7.20. The number of nitrogens with zero attached hydrogens (tertiary/aromatic N) is 2. The number of hydrogen-bond acceptors (Lipinski definition) is 6. The van der Waals surface area contributed by atoms with Gasteiger partial charge in [0.05, 0.1) is 31.3 Å². The molecule has 0 aromatic heterocycles. The zero-order chi connectivity index (χ0) is 20.9. The number of nitrogens with one attached hydrogen (secondary N) is 1. The van der Waals surface area contributed by atoms with Crippen molar-refractivity contribution in [3.63, 3.8) is 0 Å². The quantitative estimate of drug-likeness (QED) is 0.265. The van der Waals surface area contributed by atoms with E-state index in [-0.39, 0.29) is 29.7 Å². The summed E-state index contributed by atoms with van der Waals surface area (Å²) in [6.45, 7) is 7.28. The van der Waals surface area contributed by atoms with Crippen LogP contribution in [0.1, 0.15) is 36.7 Å². The molecule has 0 atom stereocenters. The Labute approximate surface area is 190 Å². The van der Waals surface area contributed by atoms with Crippen LogP contribution in [0.3, 0.4) is 0 Å². The van der Waals surface area contributed by atoms with Gasteiger partial charge >= 0.3 is 5.97 Å². The summed E-state index contributed by atoms with van der Waals surface area (Å²) in [5.41, 5.74) is 1.22. The molecule has 1 saturated heterocycles. The van der Waals surface area contributed by atoms with E-state index >= 15 is 0 Å². The third kappa shape index (κ3) is 5.97. The predicted molar refractivity (Wildman–Crippen MR) is 124 cm³/mol. The van der Waals surface area contributed by atoms with E-state index in [1.165, 1.54) is 14.2 Å². The molecule has 10 heteroatoms. The first kappa shape index (κ1) is 25.5. The SMILES string of the molecule is CCNC(=NCc1ccc(C(=O)OC)c(OC)c1)N1CCS(=O)(=O)C(C)(C)C1.I. The normalized spacial score (nSPS) is 17.8. The number of sulfone groups is 1. The lowest BCUT2D eigenvalue weighted by atomic mass is 10.1. The number of carbonyl (C=O) groups is 1. The van der Waals surface area contributed by atoms with Crippen LogP contribution >= 0.6 is 24.0 Å². The maximum atomic E-state index is 12.3. The van der Waals surface area contributed by atoms with E-state index in [9.17, 15) is 13.2 Å². The lowest BCUT2D eigenvalue weighted by molar-refractivity contribution is 0.0597. The molecular weight excluding hydrogens is 509 g/mol. The van der Waals surface area contributed by atoms with Gasteiger partial charge in [-0.15, -0.1) is 24.0 Å². The first-order valence-electron chi connectivity index (χ1n) is 9.16. The molecule has 0 unspecified atom stereocenters. The van der Waals surface area contributed by atoms with Crippen molar-refractivity contribution in [3.8, 4) is 5.75 Å². The van der Waals surface area contributed by atoms with Crippen LogP contribution in [0.2, 0.25) is 0 Å². The second-order valence-corrected chi connectivity index (χ2v) is 9.94. The maximum Gasteiger partial charge on any atom is 0.341 e. The molecule has 0 saturated carbocycles. The van der Waals surface area contributed by atoms with Crippen LogP contribution in [0.25, 0.3) is 0 Å². The number of guanidine groups is 1. The third-order valence-electron chi connectivity index (χ3n) is 4.76. The minimum absolute atomic E-state index is 0. The molecule has 2 rings (SSSR count). The summed E-state index contributed by atoms with van der Waals surface area (Å²) in [5.74, 6) is 0.736. The summed E-state index contributed by atoms with van der Waals surface area (Å²) in [6, 6.07) is 5.20. The standard InChI is InChI=1S/C19H29N3O5S.HI/c1-6-20-18(22-9-10-28(24,25)19(2,3)13-22)21-12-14-7-8-15(17(23)27-5)16(11-14)26-4;/h7-8,11H,6,9-10,12-13H2,1-5H3,(H,20,21);1H.